The molecule has 2 aliphatic heterocycles. The zero-order valence-electron chi connectivity index (χ0n) is 17.2. The highest BCUT2D eigenvalue weighted by Gasteiger charge is 2.33. The number of anilines is 1. The number of methoxy groups -OCH3 is 1. The van der Waals surface area contributed by atoms with Gasteiger partial charge in [-0.1, -0.05) is 18.2 Å². The van der Waals surface area contributed by atoms with E-state index in [4.69, 9.17) is 9.47 Å². The molecule has 4 rings (SSSR count). The highest BCUT2D eigenvalue weighted by molar-refractivity contribution is 5.79. The fourth-order valence-corrected chi connectivity index (χ4v) is 3.86. The second-order valence-corrected chi connectivity index (χ2v) is 7.82. The molecule has 6 heteroatoms. The van der Waals surface area contributed by atoms with Gasteiger partial charge >= 0.3 is 0 Å². The third-order valence-electron chi connectivity index (χ3n) is 5.64. The SMILES string of the molecule is COc1cccc(OC2CN(C(=O)CN3CCN(c4cccc(C)c4)CC3)C2)c1. The van der Waals surface area contributed by atoms with E-state index in [0.717, 1.165) is 37.7 Å². The predicted octanol–water partition coefficient (Wildman–Crippen LogP) is 2.42. The minimum Gasteiger partial charge on any atom is -0.497 e. The lowest BCUT2D eigenvalue weighted by molar-refractivity contribution is -0.141. The van der Waals surface area contributed by atoms with Gasteiger partial charge in [0, 0.05) is 37.9 Å². The molecule has 6 nitrogen and oxygen atoms in total. The maximum absolute atomic E-state index is 12.6. The van der Waals surface area contributed by atoms with E-state index in [2.05, 4.69) is 41.0 Å². The Kier molecular flexibility index (Phi) is 5.90. The van der Waals surface area contributed by atoms with Crippen LogP contribution >= 0.6 is 0 Å². The summed E-state index contributed by atoms with van der Waals surface area (Å²) in [6, 6.07) is 16.2. The number of likely N-dealkylation sites (tertiary alicyclic amines) is 1. The standard InChI is InChI=1S/C23H29N3O3/c1-18-5-3-6-19(13-18)25-11-9-24(10-12-25)17-23(27)26-15-22(16-26)29-21-8-4-7-20(14-21)28-2/h3-8,13-14,22H,9-12,15-17H2,1-2H3. The lowest BCUT2D eigenvalue weighted by atomic mass is 10.1. The molecule has 0 aliphatic carbocycles. The second-order valence-electron chi connectivity index (χ2n) is 7.82. The molecule has 0 N–H and O–H groups in total. The summed E-state index contributed by atoms with van der Waals surface area (Å²) in [7, 11) is 1.64. The Balaban J connectivity index is 1.19. The minimum atomic E-state index is 0.0595. The van der Waals surface area contributed by atoms with Crippen molar-refractivity contribution in [3.05, 3.63) is 54.1 Å². The van der Waals surface area contributed by atoms with Crippen LogP contribution in [-0.4, -0.2) is 74.7 Å². The van der Waals surface area contributed by atoms with Crippen LogP contribution in [0.25, 0.3) is 0 Å². The number of carbonyl (C=O) groups excluding carboxylic acids is 1. The summed E-state index contributed by atoms with van der Waals surface area (Å²) in [6.07, 6.45) is 0.0595. The van der Waals surface area contributed by atoms with Crippen molar-refractivity contribution in [2.75, 3.05) is 57.8 Å². The normalized spacial score (nSPS) is 17.7. The van der Waals surface area contributed by atoms with Crippen LogP contribution in [0.3, 0.4) is 0 Å². The maximum atomic E-state index is 12.6. The van der Waals surface area contributed by atoms with Crippen LogP contribution in [0.1, 0.15) is 5.56 Å². The number of hydrogen-bond donors (Lipinski definition) is 0. The second kappa shape index (κ2) is 8.74. The van der Waals surface area contributed by atoms with Gasteiger partial charge in [0.15, 0.2) is 0 Å². The molecule has 0 radical (unpaired) electrons. The van der Waals surface area contributed by atoms with Crippen molar-refractivity contribution < 1.29 is 14.3 Å². The molecule has 2 aliphatic rings. The molecule has 0 bridgehead atoms. The van der Waals surface area contributed by atoms with Crippen LogP contribution < -0.4 is 14.4 Å². The van der Waals surface area contributed by atoms with Crippen LogP contribution in [0, 0.1) is 6.92 Å². The van der Waals surface area contributed by atoms with Gasteiger partial charge in [-0.05, 0) is 36.8 Å². The molecule has 1 amide bonds. The van der Waals surface area contributed by atoms with E-state index in [-0.39, 0.29) is 12.0 Å². The maximum Gasteiger partial charge on any atom is 0.237 e. The number of rotatable bonds is 6. The Hall–Kier alpha value is -2.73. The Morgan fingerprint density at radius 3 is 2.45 bits per heavy atom. The molecule has 154 valence electrons. The van der Waals surface area contributed by atoms with Crippen molar-refractivity contribution in [2.24, 2.45) is 0 Å². The number of carbonyl (C=O) groups is 1. The smallest absolute Gasteiger partial charge is 0.237 e. The van der Waals surface area contributed by atoms with Crippen molar-refractivity contribution in [3.63, 3.8) is 0 Å². The van der Waals surface area contributed by atoms with E-state index in [1.807, 2.05) is 29.2 Å². The fourth-order valence-electron chi connectivity index (χ4n) is 3.86. The van der Waals surface area contributed by atoms with E-state index in [9.17, 15) is 4.79 Å². The summed E-state index contributed by atoms with van der Waals surface area (Å²) < 4.78 is 11.2. The summed E-state index contributed by atoms with van der Waals surface area (Å²) in [6.45, 7) is 7.66. The van der Waals surface area contributed by atoms with Crippen molar-refractivity contribution >= 4 is 11.6 Å². The Morgan fingerprint density at radius 2 is 1.72 bits per heavy atom. The van der Waals surface area contributed by atoms with Gasteiger partial charge in [0.05, 0.1) is 26.7 Å². The van der Waals surface area contributed by atoms with E-state index in [1.165, 1.54) is 11.3 Å². The Bertz CT molecular complexity index is 843. The van der Waals surface area contributed by atoms with Gasteiger partial charge < -0.3 is 19.3 Å². The van der Waals surface area contributed by atoms with Crippen molar-refractivity contribution in [3.8, 4) is 11.5 Å². The van der Waals surface area contributed by atoms with E-state index in [1.54, 1.807) is 7.11 Å². The largest absolute Gasteiger partial charge is 0.497 e. The molecular weight excluding hydrogens is 366 g/mol. The van der Waals surface area contributed by atoms with Gasteiger partial charge in [-0.2, -0.15) is 0 Å². The number of hydrogen-bond acceptors (Lipinski definition) is 5. The van der Waals surface area contributed by atoms with Crippen LogP contribution in [0.2, 0.25) is 0 Å². The zero-order chi connectivity index (χ0) is 20.2. The molecule has 0 unspecified atom stereocenters. The highest BCUT2D eigenvalue weighted by atomic mass is 16.5. The average Bonchev–Trinajstić information content (AvgIpc) is 2.71. The molecule has 0 atom stereocenters. The number of benzene rings is 2. The molecule has 2 heterocycles. The molecule has 0 aromatic heterocycles. The molecule has 2 aromatic rings. The van der Waals surface area contributed by atoms with Crippen LogP contribution in [0.4, 0.5) is 5.69 Å². The van der Waals surface area contributed by atoms with E-state index < -0.39 is 0 Å². The first-order valence-electron chi connectivity index (χ1n) is 10.2. The van der Waals surface area contributed by atoms with E-state index in [0.29, 0.717) is 19.6 Å². The molecular formula is C23H29N3O3. The number of aryl methyl sites for hydroxylation is 1. The summed E-state index contributed by atoms with van der Waals surface area (Å²) in [4.78, 5) is 19.1. The molecule has 29 heavy (non-hydrogen) atoms. The molecule has 2 fully saturated rings. The lowest BCUT2D eigenvalue weighted by Gasteiger charge is -2.41. The van der Waals surface area contributed by atoms with Gasteiger partial charge in [0.25, 0.3) is 0 Å². The first-order chi connectivity index (χ1) is 14.1. The first-order valence-corrected chi connectivity index (χ1v) is 10.2. The van der Waals surface area contributed by atoms with Gasteiger partial charge in [0.2, 0.25) is 5.91 Å². The van der Waals surface area contributed by atoms with Gasteiger partial charge in [-0.25, -0.2) is 0 Å². The van der Waals surface area contributed by atoms with Crippen LogP contribution in [0.15, 0.2) is 48.5 Å². The number of amides is 1. The fraction of sp³-hybridized carbons (Fsp3) is 0.435. The Labute approximate surface area is 172 Å². The van der Waals surface area contributed by atoms with Crippen molar-refractivity contribution in [2.45, 2.75) is 13.0 Å². The predicted molar refractivity (Wildman–Crippen MR) is 114 cm³/mol. The van der Waals surface area contributed by atoms with Gasteiger partial charge in [-0.15, -0.1) is 0 Å². The minimum absolute atomic E-state index is 0.0595. The summed E-state index contributed by atoms with van der Waals surface area (Å²) >= 11 is 0. The number of nitrogens with zero attached hydrogens (tertiary/aromatic N) is 3. The molecule has 2 aromatic carbocycles. The number of ether oxygens (including phenoxy) is 2. The van der Waals surface area contributed by atoms with Gasteiger partial charge in [-0.3, -0.25) is 9.69 Å². The highest BCUT2D eigenvalue weighted by Crippen LogP contribution is 2.23. The monoisotopic (exact) mass is 395 g/mol. The molecule has 0 spiro atoms. The van der Waals surface area contributed by atoms with Crippen molar-refractivity contribution in [1.29, 1.82) is 0 Å². The molecule has 2 saturated heterocycles. The van der Waals surface area contributed by atoms with E-state index >= 15 is 0 Å². The number of piperazine rings is 1. The Morgan fingerprint density at radius 1 is 1.00 bits per heavy atom. The summed E-state index contributed by atoms with van der Waals surface area (Å²) in [5.41, 5.74) is 2.56. The topological polar surface area (TPSA) is 45.3 Å². The third kappa shape index (κ3) is 4.82. The lowest BCUT2D eigenvalue weighted by Crippen LogP contribution is -2.59. The summed E-state index contributed by atoms with van der Waals surface area (Å²) in [5, 5.41) is 0. The van der Waals surface area contributed by atoms with Crippen LogP contribution in [0.5, 0.6) is 11.5 Å². The summed E-state index contributed by atoms with van der Waals surface area (Å²) in [5.74, 6) is 1.76. The molecule has 0 saturated carbocycles. The average molecular weight is 396 g/mol. The van der Waals surface area contributed by atoms with Gasteiger partial charge in [0.1, 0.15) is 17.6 Å². The third-order valence-corrected chi connectivity index (χ3v) is 5.64. The van der Waals surface area contributed by atoms with Crippen LogP contribution in [-0.2, 0) is 4.79 Å². The quantitative estimate of drug-likeness (QED) is 0.752. The van der Waals surface area contributed by atoms with Crippen molar-refractivity contribution in [1.82, 2.24) is 9.80 Å². The zero-order valence-corrected chi connectivity index (χ0v) is 17.2. The first kappa shape index (κ1) is 19.6.